The van der Waals surface area contributed by atoms with Crippen molar-refractivity contribution in [2.24, 2.45) is 0 Å². The van der Waals surface area contributed by atoms with Crippen molar-refractivity contribution in [3.63, 3.8) is 0 Å². The number of methoxy groups -OCH3 is 1. The first-order valence-electron chi connectivity index (χ1n) is 7.33. The normalized spacial score (nSPS) is 11.8. The number of benzene rings is 1. The van der Waals surface area contributed by atoms with Gasteiger partial charge in [-0.05, 0) is 29.3 Å². The van der Waals surface area contributed by atoms with Crippen LogP contribution in [0.5, 0.6) is 11.5 Å². The molecule has 0 bridgehead atoms. The summed E-state index contributed by atoms with van der Waals surface area (Å²) in [5, 5.41) is 17.8. The zero-order valence-corrected chi connectivity index (χ0v) is 13.6. The average Bonchev–Trinajstić information content (AvgIpc) is 2.87. The van der Waals surface area contributed by atoms with E-state index >= 15 is 0 Å². The third kappa shape index (κ3) is 2.56. The molecule has 0 spiro atoms. The van der Waals surface area contributed by atoms with Gasteiger partial charge in [-0.1, -0.05) is 26.8 Å². The Morgan fingerprint density at radius 1 is 1.22 bits per heavy atom. The fraction of sp³-hybridized carbons (Fsp3) is 0.294. The van der Waals surface area contributed by atoms with E-state index in [0.29, 0.717) is 17.2 Å². The zero-order chi connectivity index (χ0) is 16.8. The van der Waals surface area contributed by atoms with Gasteiger partial charge in [0.25, 0.3) is 0 Å². The lowest BCUT2D eigenvalue weighted by molar-refractivity contribution is 0.373. The quantitative estimate of drug-likeness (QED) is 0.675. The number of nitrogen functional groups attached to an aromatic ring is 1. The first kappa shape index (κ1) is 15.1. The highest BCUT2D eigenvalue weighted by Crippen LogP contribution is 2.37. The van der Waals surface area contributed by atoms with Crippen LogP contribution in [0.15, 0.2) is 24.3 Å². The molecule has 2 aromatic heterocycles. The maximum absolute atomic E-state index is 10.1. The Kier molecular flexibility index (Phi) is 3.39. The predicted octanol–water partition coefficient (Wildman–Crippen LogP) is 3.22. The molecule has 0 saturated heterocycles. The maximum Gasteiger partial charge on any atom is 0.184 e. The van der Waals surface area contributed by atoms with Crippen LogP contribution in [0.3, 0.4) is 0 Å². The van der Waals surface area contributed by atoms with Crippen LogP contribution >= 0.6 is 0 Å². The third-order valence-corrected chi connectivity index (χ3v) is 3.81. The predicted molar refractivity (Wildman–Crippen MR) is 90.7 cm³/mol. The standard InChI is InChI=1S/C17H20N4O2/c1-17(2,3)13-8-10(14-15(18)20-21-16(14)19-13)9-5-6-12(23-4)11(22)7-9/h5-8,22H,1-4H3,(H3,18,19,20,21). The van der Waals surface area contributed by atoms with E-state index in [4.69, 9.17) is 10.5 Å². The number of nitrogens with zero attached hydrogens (tertiary/aromatic N) is 2. The molecule has 0 saturated carbocycles. The van der Waals surface area contributed by atoms with Crippen LogP contribution in [0, 0.1) is 0 Å². The molecule has 120 valence electrons. The Bertz CT molecular complexity index is 878. The number of nitrogens with two attached hydrogens (primary N) is 1. The molecule has 23 heavy (non-hydrogen) atoms. The summed E-state index contributed by atoms with van der Waals surface area (Å²) in [7, 11) is 1.52. The van der Waals surface area contributed by atoms with Crippen LogP contribution in [-0.4, -0.2) is 27.4 Å². The Morgan fingerprint density at radius 3 is 2.57 bits per heavy atom. The topological polar surface area (TPSA) is 97.1 Å². The van der Waals surface area contributed by atoms with Gasteiger partial charge in [0.15, 0.2) is 17.1 Å². The minimum atomic E-state index is -0.134. The summed E-state index contributed by atoms with van der Waals surface area (Å²) in [6, 6.07) is 7.26. The number of hydrogen-bond acceptors (Lipinski definition) is 5. The van der Waals surface area contributed by atoms with Crippen LogP contribution in [-0.2, 0) is 5.41 Å². The molecular formula is C17H20N4O2. The second-order valence-electron chi connectivity index (χ2n) is 6.53. The molecule has 0 radical (unpaired) electrons. The van der Waals surface area contributed by atoms with Crippen molar-refractivity contribution in [1.82, 2.24) is 15.2 Å². The minimum absolute atomic E-state index is 0.0781. The summed E-state index contributed by atoms with van der Waals surface area (Å²) in [6.07, 6.45) is 0. The summed E-state index contributed by atoms with van der Waals surface area (Å²) in [5.74, 6) is 0.961. The van der Waals surface area contributed by atoms with Crippen LogP contribution in [0.2, 0.25) is 0 Å². The van der Waals surface area contributed by atoms with Crippen LogP contribution in [0.4, 0.5) is 5.82 Å². The van der Waals surface area contributed by atoms with E-state index in [1.165, 1.54) is 7.11 Å². The van der Waals surface area contributed by atoms with E-state index in [1.807, 2.05) is 12.1 Å². The van der Waals surface area contributed by atoms with Gasteiger partial charge in [0.1, 0.15) is 5.82 Å². The van der Waals surface area contributed by atoms with Crippen LogP contribution in [0.1, 0.15) is 26.5 Å². The molecule has 0 fully saturated rings. The molecule has 4 N–H and O–H groups in total. The second kappa shape index (κ2) is 5.15. The lowest BCUT2D eigenvalue weighted by Crippen LogP contribution is -2.13. The summed E-state index contributed by atoms with van der Waals surface area (Å²) in [5.41, 5.74) is 9.07. The van der Waals surface area contributed by atoms with Gasteiger partial charge in [-0.2, -0.15) is 5.10 Å². The molecule has 0 aliphatic rings. The van der Waals surface area contributed by atoms with Crippen molar-refractivity contribution in [2.75, 3.05) is 12.8 Å². The van der Waals surface area contributed by atoms with Crippen molar-refractivity contribution < 1.29 is 9.84 Å². The number of pyridine rings is 1. The molecule has 6 heteroatoms. The lowest BCUT2D eigenvalue weighted by Gasteiger charge is -2.19. The van der Waals surface area contributed by atoms with Crippen molar-refractivity contribution in [2.45, 2.75) is 26.2 Å². The van der Waals surface area contributed by atoms with Gasteiger partial charge >= 0.3 is 0 Å². The number of rotatable bonds is 2. The third-order valence-electron chi connectivity index (χ3n) is 3.81. The molecule has 2 heterocycles. The van der Waals surface area contributed by atoms with Crippen molar-refractivity contribution in [3.8, 4) is 22.6 Å². The van der Waals surface area contributed by atoms with Gasteiger partial charge in [0.2, 0.25) is 0 Å². The average molecular weight is 312 g/mol. The summed E-state index contributed by atoms with van der Waals surface area (Å²) in [6.45, 7) is 6.27. The van der Waals surface area contributed by atoms with Crippen molar-refractivity contribution in [1.29, 1.82) is 0 Å². The highest BCUT2D eigenvalue weighted by molar-refractivity contribution is 6.00. The van der Waals surface area contributed by atoms with E-state index in [0.717, 1.165) is 22.2 Å². The van der Waals surface area contributed by atoms with E-state index in [9.17, 15) is 5.11 Å². The molecule has 6 nitrogen and oxygen atoms in total. The monoisotopic (exact) mass is 312 g/mol. The minimum Gasteiger partial charge on any atom is -0.504 e. The number of hydrogen-bond donors (Lipinski definition) is 3. The van der Waals surface area contributed by atoms with Gasteiger partial charge in [-0.25, -0.2) is 4.98 Å². The number of phenolic OH excluding ortho intramolecular Hbond substituents is 1. The summed E-state index contributed by atoms with van der Waals surface area (Å²) >= 11 is 0. The van der Waals surface area contributed by atoms with Gasteiger partial charge in [-0.15, -0.1) is 0 Å². The zero-order valence-electron chi connectivity index (χ0n) is 13.6. The number of H-pyrrole nitrogens is 1. The number of anilines is 1. The fourth-order valence-corrected chi connectivity index (χ4v) is 2.52. The van der Waals surface area contributed by atoms with E-state index in [2.05, 4.69) is 36.0 Å². The first-order chi connectivity index (χ1) is 10.8. The Morgan fingerprint density at radius 2 is 1.96 bits per heavy atom. The van der Waals surface area contributed by atoms with Gasteiger partial charge in [-0.3, -0.25) is 5.10 Å². The molecule has 3 aromatic rings. The maximum atomic E-state index is 10.1. The first-order valence-corrected chi connectivity index (χ1v) is 7.33. The number of aromatic amines is 1. The SMILES string of the molecule is COc1ccc(-c2cc(C(C)(C)C)nc3n[nH]c(N)c23)cc1O. The molecule has 0 amide bonds. The number of nitrogens with one attached hydrogen (secondary N) is 1. The van der Waals surface area contributed by atoms with E-state index < -0.39 is 0 Å². The van der Waals surface area contributed by atoms with Gasteiger partial charge < -0.3 is 15.6 Å². The van der Waals surface area contributed by atoms with Crippen LogP contribution < -0.4 is 10.5 Å². The number of fused-ring (bicyclic) bond motifs is 1. The molecule has 3 rings (SSSR count). The molecule has 0 aliphatic carbocycles. The highest BCUT2D eigenvalue weighted by atomic mass is 16.5. The smallest absolute Gasteiger partial charge is 0.184 e. The molecule has 1 aromatic carbocycles. The van der Waals surface area contributed by atoms with Crippen molar-refractivity contribution in [3.05, 3.63) is 30.0 Å². The lowest BCUT2D eigenvalue weighted by atomic mass is 9.89. The molecule has 0 aliphatic heterocycles. The Hall–Kier alpha value is -2.76. The number of aromatic nitrogens is 3. The fourth-order valence-electron chi connectivity index (χ4n) is 2.52. The van der Waals surface area contributed by atoms with E-state index in [1.54, 1.807) is 12.1 Å². The number of aromatic hydroxyl groups is 1. The Balaban J connectivity index is 2.30. The largest absolute Gasteiger partial charge is 0.504 e. The molecule has 0 unspecified atom stereocenters. The second-order valence-corrected chi connectivity index (χ2v) is 6.53. The number of ether oxygens (including phenoxy) is 1. The van der Waals surface area contributed by atoms with Crippen LogP contribution in [0.25, 0.3) is 22.2 Å². The summed E-state index contributed by atoms with van der Waals surface area (Å²) in [4.78, 5) is 4.60. The summed E-state index contributed by atoms with van der Waals surface area (Å²) < 4.78 is 5.10. The van der Waals surface area contributed by atoms with Gasteiger partial charge in [0.05, 0.1) is 12.5 Å². The van der Waals surface area contributed by atoms with Crippen molar-refractivity contribution >= 4 is 16.9 Å². The Labute approximate surface area is 134 Å². The number of phenols is 1. The van der Waals surface area contributed by atoms with E-state index in [-0.39, 0.29) is 11.2 Å². The molecular weight excluding hydrogens is 292 g/mol. The highest BCUT2D eigenvalue weighted by Gasteiger charge is 2.21. The molecule has 0 atom stereocenters. The van der Waals surface area contributed by atoms with Gasteiger partial charge in [0, 0.05) is 11.1 Å².